The molecule has 3 N–H and O–H groups in total. The second kappa shape index (κ2) is 5.86. The second-order valence-corrected chi connectivity index (χ2v) is 6.83. The van der Waals surface area contributed by atoms with Gasteiger partial charge in [-0.25, -0.2) is 8.42 Å². The molecule has 0 radical (unpaired) electrons. The lowest BCUT2D eigenvalue weighted by molar-refractivity contribution is 0.601. The number of thiocarbonyl (C=S) groups is 1. The summed E-state index contributed by atoms with van der Waals surface area (Å²) in [5.41, 5.74) is 6.50. The molecule has 0 aliphatic rings. The third-order valence-corrected chi connectivity index (χ3v) is 4.71. The molecule has 1 aromatic heterocycles. The summed E-state index contributed by atoms with van der Waals surface area (Å²) in [6.45, 7) is 0. The molecule has 0 atom stereocenters. The molecule has 0 aliphatic heterocycles. The molecule has 104 valence electrons. The van der Waals surface area contributed by atoms with Crippen LogP contribution in [0.4, 0.5) is 5.69 Å². The van der Waals surface area contributed by atoms with Crippen molar-refractivity contribution >= 4 is 48.8 Å². The van der Waals surface area contributed by atoms with Gasteiger partial charge in [0.05, 0.1) is 15.1 Å². The fourth-order valence-electron chi connectivity index (χ4n) is 1.46. The third kappa shape index (κ3) is 3.33. The summed E-state index contributed by atoms with van der Waals surface area (Å²) in [5.74, 6) is 0. The van der Waals surface area contributed by atoms with Crippen LogP contribution in [0, 0.1) is 0 Å². The van der Waals surface area contributed by atoms with E-state index in [1.54, 1.807) is 18.2 Å². The minimum Gasteiger partial charge on any atom is -0.389 e. The van der Waals surface area contributed by atoms with Gasteiger partial charge in [0.15, 0.2) is 0 Å². The average molecular weight is 372 g/mol. The van der Waals surface area contributed by atoms with Gasteiger partial charge < -0.3 is 5.73 Å². The van der Waals surface area contributed by atoms with Crippen molar-refractivity contribution in [1.29, 1.82) is 0 Å². The number of nitrogens with one attached hydrogen (secondary N) is 1. The molecule has 0 spiro atoms. The van der Waals surface area contributed by atoms with Gasteiger partial charge in [0.2, 0.25) is 0 Å². The normalized spacial score (nSPS) is 11.1. The van der Waals surface area contributed by atoms with E-state index in [-0.39, 0.29) is 9.88 Å². The highest BCUT2D eigenvalue weighted by Gasteiger charge is 2.15. The predicted molar refractivity (Wildman–Crippen MR) is 85.1 cm³/mol. The Labute approximate surface area is 130 Å². The monoisotopic (exact) mass is 371 g/mol. The first-order valence-electron chi connectivity index (χ1n) is 5.42. The van der Waals surface area contributed by atoms with E-state index in [1.165, 1.54) is 24.5 Å². The quantitative estimate of drug-likeness (QED) is 0.805. The number of benzene rings is 1. The van der Waals surface area contributed by atoms with Gasteiger partial charge in [0.25, 0.3) is 10.0 Å². The van der Waals surface area contributed by atoms with Crippen LogP contribution in [-0.2, 0) is 10.0 Å². The Morgan fingerprint density at radius 1 is 1.25 bits per heavy atom. The maximum Gasteiger partial charge on any atom is 0.261 e. The molecule has 0 amide bonds. The van der Waals surface area contributed by atoms with E-state index < -0.39 is 10.0 Å². The van der Waals surface area contributed by atoms with Crippen molar-refractivity contribution in [2.45, 2.75) is 4.90 Å². The molecule has 2 aromatic rings. The van der Waals surface area contributed by atoms with Crippen LogP contribution < -0.4 is 10.5 Å². The predicted octanol–water partition coefficient (Wildman–Crippen LogP) is 2.28. The minimum absolute atomic E-state index is 0.126. The molecule has 0 fully saturated rings. The smallest absolute Gasteiger partial charge is 0.261 e. The maximum absolute atomic E-state index is 12.2. The molecule has 0 aliphatic carbocycles. The fourth-order valence-corrected chi connectivity index (χ4v) is 3.16. The summed E-state index contributed by atoms with van der Waals surface area (Å²) in [4.78, 5) is 4.22. The van der Waals surface area contributed by atoms with Gasteiger partial charge in [-0.1, -0.05) is 24.4 Å². The number of sulfonamides is 1. The summed E-state index contributed by atoms with van der Waals surface area (Å²) in [5, 5.41) is 0. The molecular formula is C12H10BrN3O2S2. The van der Waals surface area contributed by atoms with E-state index in [4.69, 9.17) is 18.0 Å². The first-order chi connectivity index (χ1) is 9.40. The molecule has 5 nitrogen and oxygen atoms in total. The van der Waals surface area contributed by atoms with Gasteiger partial charge in [0.1, 0.15) is 4.99 Å². The zero-order valence-electron chi connectivity index (χ0n) is 10.1. The van der Waals surface area contributed by atoms with Crippen LogP contribution in [0.3, 0.4) is 0 Å². The maximum atomic E-state index is 12.2. The lowest BCUT2D eigenvalue weighted by Gasteiger charge is -2.09. The van der Waals surface area contributed by atoms with Crippen molar-refractivity contribution in [2.75, 3.05) is 4.72 Å². The number of pyridine rings is 1. The zero-order valence-corrected chi connectivity index (χ0v) is 13.3. The third-order valence-electron chi connectivity index (χ3n) is 2.47. The zero-order chi connectivity index (χ0) is 14.8. The number of aromatic nitrogens is 1. The lowest BCUT2D eigenvalue weighted by Crippen LogP contribution is -2.14. The summed E-state index contributed by atoms with van der Waals surface area (Å²) in [7, 11) is -3.67. The van der Waals surface area contributed by atoms with Gasteiger partial charge in [-0.05, 0) is 34.1 Å². The van der Waals surface area contributed by atoms with Crippen LogP contribution in [0.25, 0.3) is 0 Å². The van der Waals surface area contributed by atoms with Gasteiger partial charge in [-0.2, -0.15) is 0 Å². The van der Waals surface area contributed by atoms with E-state index in [1.807, 2.05) is 0 Å². The van der Waals surface area contributed by atoms with E-state index in [9.17, 15) is 8.42 Å². The standard InChI is InChI=1S/C12H10BrN3O2S2/c13-10-7-15-6-5-11(10)16-20(17,18)9-3-1-8(2-4-9)12(14)19/h1-7H,(H2,14,19)(H,15,16). The Morgan fingerprint density at radius 2 is 1.90 bits per heavy atom. The fraction of sp³-hybridized carbons (Fsp3) is 0. The molecule has 20 heavy (non-hydrogen) atoms. The van der Waals surface area contributed by atoms with Gasteiger partial charge >= 0.3 is 0 Å². The number of hydrogen-bond acceptors (Lipinski definition) is 4. The summed E-state index contributed by atoms with van der Waals surface area (Å²) < 4.78 is 27.5. The largest absolute Gasteiger partial charge is 0.389 e. The first kappa shape index (κ1) is 14.9. The Morgan fingerprint density at radius 3 is 2.45 bits per heavy atom. The molecule has 0 saturated heterocycles. The van der Waals surface area contributed by atoms with Crippen molar-refractivity contribution < 1.29 is 8.42 Å². The Kier molecular flexibility index (Phi) is 4.36. The molecule has 8 heteroatoms. The highest BCUT2D eigenvalue weighted by Crippen LogP contribution is 2.23. The highest BCUT2D eigenvalue weighted by molar-refractivity contribution is 9.10. The minimum atomic E-state index is -3.67. The van der Waals surface area contributed by atoms with Crippen LogP contribution >= 0.6 is 28.1 Å². The van der Waals surface area contributed by atoms with Crippen LogP contribution in [-0.4, -0.2) is 18.4 Å². The van der Waals surface area contributed by atoms with Crippen LogP contribution in [0.15, 0.2) is 52.1 Å². The van der Waals surface area contributed by atoms with E-state index in [0.29, 0.717) is 15.7 Å². The molecule has 0 unspecified atom stereocenters. The Hall–Kier alpha value is -1.51. The number of anilines is 1. The molecule has 0 saturated carbocycles. The summed E-state index contributed by atoms with van der Waals surface area (Å²) in [6, 6.07) is 7.60. The summed E-state index contributed by atoms with van der Waals surface area (Å²) in [6.07, 6.45) is 3.01. The van der Waals surface area contributed by atoms with E-state index in [0.717, 1.165) is 0 Å². The number of rotatable bonds is 4. The van der Waals surface area contributed by atoms with Gasteiger partial charge in [-0.15, -0.1) is 0 Å². The molecule has 1 aromatic carbocycles. The van der Waals surface area contributed by atoms with E-state index in [2.05, 4.69) is 25.6 Å². The Balaban J connectivity index is 2.31. The number of nitrogens with two attached hydrogens (primary N) is 1. The van der Waals surface area contributed by atoms with Crippen molar-refractivity contribution in [3.63, 3.8) is 0 Å². The summed E-state index contributed by atoms with van der Waals surface area (Å²) >= 11 is 8.05. The SMILES string of the molecule is NC(=S)c1ccc(S(=O)(=O)Nc2ccncc2Br)cc1. The highest BCUT2D eigenvalue weighted by atomic mass is 79.9. The number of nitrogens with zero attached hydrogens (tertiary/aromatic N) is 1. The molecule has 2 rings (SSSR count). The van der Waals surface area contributed by atoms with Crippen molar-refractivity contribution in [3.8, 4) is 0 Å². The molecular weight excluding hydrogens is 362 g/mol. The lowest BCUT2D eigenvalue weighted by atomic mass is 10.2. The van der Waals surface area contributed by atoms with Crippen LogP contribution in [0.5, 0.6) is 0 Å². The van der Waals surface area contributed by atoms with Gasteiger partial charge in [-0.3, -0.25) is 9.71 Å². The van der Waals surface area contributed by atoms with Gasteiger partial charge in [0, 0.05) is 18.0 Å². The average Bonchev–Trinajstić information content (AvgIpc) is 2.41. The number of hydrogen-bond donors (Lipinski definition) is 2. The van der Waals surface area contributed by atoms with Crippen LogP contribution in [0.1, 0.15) is 5.56 Å². The van der Waals surface area contributed by atoms with Crippen molar-refractivity contribution in [2.24, 2.45) is 5.73 Å². The van der Waals surface area contributed by atoms with Crippen LogP contribution in [0.2, 0.25) is 0 Å². The van der Waals surface area contributed by atoms with Crippen molar-refractivity contribution in [3.05, 3.63) is 52.8 Å². The molecule has 0 bridgehead atoms. The Bertz CT molecular complexity index is 746. The topological polar surface area (TPSA) is 85.1 Å². The first-order valence-corrected chi connectivity index (χ1v) is 8.11. The van der Waals surface area contributed by atoms with E-state index >= 15 is 0 Å². The molecule has 1 heterocycles. The van der Waals surface area contributed by atoms with Crippen molar-refractivity contribution in [1.82, 2.24) is 4.98 Å². The second-order valence-electron chi connectivity index (χ2n) is 3.85. The number of halogens is 1.